The van der Waals surface area contributed by atoms with E-state index in [1.54, 1.807) is 43.3 Å². The number of rotatable bonds is 5. The quantitative estimate of drug-likeness (QED) is 0.605. The van der Waals surface area contributed by atoms with Gasteiger partial charge in [0.05, 0.1) is 0 Å². The average Bonchev–Trinajstić information content (AvgIpc) is 2.72. The molecule has 1 amide bonds. The highest BCUT2D eigenvalue weighted by molar-refractivity contribution is 5.91. The number of carbonyl (C=O) groups excluding carboxylic acids is 2. The second kappa shape index (κ2) is 8.69. The van der Waals surface area contributed by atoms with Gasteiger partial charge in [0.15, 0.2) is 0 Å². The Hall–Kier alpha value is -3.81. The summed E-state index contributed by atoms with van der Waals surface area (Å²) in [6.07, 6.45) is -1.25. The molecule has 0 aliphatic carbocycles. The molecule has 8 heteroatoms. The minimum atomic E-state index is -1.25. The first-order valence-electron chi connectivity index (χ1n) is 9.12. The van der Waals surface area contributed by atoms with Crippen molar-refractivity contribution in [2.45, 2.75) is 13.0 Å². The number of benzene rings is 2. The molecular formula is C22H20FN3O4. The zero-order chi connectivity index (χ0) is 21.8. The largest absolute Gasteiger partial charge is 0.442 e. The van der Waals surface area contributed by atoms with Crippen LogP contribution in [0, 0.1) is 12.7 Å². The molecule has 0 aliphatic heterocycles. The van der Waals surface area contributed by atoms with Gasteiger partial charge in [0.1, 0.15) is 11.5 Å². The maximum absolute atomic E-state index is 14.2. The summed E-state index contributed by atoms with van der Waals surface area (Å²) in [7, 11) is 3.06. The molecule has 0 fully saturated rings. The maximum Gasteiger partial charge on any atom is 0.364 e. The fourth-order valence-corrected chi connectivity index (χ4v) is 2.84. The van der Waals surface area contributed by atoms with Crippen LogP contribution in [-0.2, 0) is 9.53 Å². The molecular weight excluding hydrogens is 389 g/mol. The smallest absolute Gasteiger partial charge is 0.364 e. The summed E-state index contributed by atoms with van der Waals surface area (Å²) in [6, 6.07) is 15.4. The number of amides is 1. The van der Waals surface area contributed by atoms with Crippen molar-refractivity contribution in [1.29, 1.82) is 0 Å². The van der Waals surface area contributed by atoms with E-state index in [-0.39, 0.29) is 5.69 Å². The number of likely N-dealkylation sites (N-methyl/N-ethyl adjacent to an activating group) is 1. The molecule has 1 atom stereocenters. The molecule has 1 aromatic heterocycles. The molecule has 0 bridgehead atoms. The Bertz CT molecular complexity index is 1140. The van der Waals surface area contributed by atoms with Gasteiger partial charge in [0.25, 0.3) is 5.91 Å². The summed E-state index contributed by atoms with van der Waals surface area (Å²) in [6.45, 7) is 1.57. The SMILES string of the molecule is Cc1cc(=O)c(C(=O)O[C@H](C(=O)N(C)C)c2ccccc2)nn1-c1ccccc1F. The number of ether oxygens (including phenoxy) is 1. The number of para-hydroxylation sites is 1. The maximum atomic E-state index is 14.2. The van der Waals surface area contributed by atoms with Crippen LogP contribution in [0.5, 0.6) is 0 Å². The molecule has 0 spiro atoms. The zero-order valence-electron chi connectivity index (χ0n) is 16.7. The van der Waals surface area contributed by atoms with Gasteiger partial charge < -0.3 is 9.64 Å². The van der Waals surface area contributed by atoms with E-state index in [1.165, 1.54) is 43.3 Å². The Labute approximate surface area is 172 Å². The lowest BCUT2D eigenvalue weighted by molar-refractivity contribution is -0.138. The van der Waals surface area contributed by atoms with E-state index in [0.29, 0.717) is 11.3 Å². The predicted molar refractivity (Wildman–Crippen MR) is 108 cm³/mol. The number of halogens is 1. The van der Waals surface area contributed by atoms with Crippen molar-refractivity contribution in [3.63, 3.8) is 0 Å². The minimum absolute atomic E-state index is 0.0769. The third-order valence-corrected chi connectivity index (χ3v) is 4.37. The van der Waals surface area contributed by atoms with E-state index in [4.69, 9.17) is 4.74 Å². The number of hydrogen-bond acceptors (Lipinski definition) is 5. The zero-order valence-corrected chi connectivity index (χ0v) is 16.7. The van der Waals surface area contributed by atoms with Crippen molar-refractivity contribution in [2.24, 2.45) is 0 Å². The van der Waals surface area contributed by atoms with Crippen LogP contribution in [0.3, 0.4) is 0 Å². The number of aromatic nitrogens is 2. The average molecular weight is 409 g/mol. The van der Waals surface area contributed by atoms with E-state index in [9.17, 15) is 18.8 Å². The number of carbonyl (C=O) groups is 2. The summed E-state index contributed by atoms with van der Waals surface area (Å²) in [5.41, 5.74) is -0.365. The molecule has 3 rings (SSSR count). The van der Waals surface area contributed by atoms with E-state index >= 15 is 0 Å². The van der Waals surface area contributed by atoms with Gasteiger partial charge in [-0.05, 0) is 19.1 Å². The number of nitrogens with zero attached hydrogens (tertiary/aromatic N) is 3. The van der Waals surface area contributed by atoms with Gasteiger partial charge in [-0.1, -0.05) is 42.5 Å². The lowest BCUT2D eigenvalue weighted by Crippen LogP contribution is -2.33. The molecule has 154 valence electrons. The predicted octanol–water partition coefficient (Wildman–Crippen LogP) is 2.67. The van der Waals surface area contributed by atoms with Crippen molar-refractivity contribution in [3.8, 4) is 5.69 Å². The molecule has 0 saturated carbocycles. The second-order valence-corrected chi connectivity index (χ2v) is 6.79. The molecule has 0 unspecified atom stereocenters. The van der Waals surface area contributed by atoms with Gasteiger partial charge in [0, 0.05) is 31.4 Å². The Morgan fingerprint density at radius 2 is 1.70 bits per heavy atom. The van der Waals surface area contributed by atoms with Gasteiger partial charge in [-0.25, -0.2) is 13.9 Å². The summed E-state index contributed by atoms with van der Waals surface area (Å²) >= 11 is 0. The van der Waals surface area contributed by atoms with Crippen molar-refractivity contribution >= 4 is 11.9 Å². The first kappa shape index (κ1) is 20.9. The van der Waals surface area contributed by atoms with E-state index in [0.717, 1.165) is 4.68 Å². The number of aryl methyl sites for hydroxylation is 1. The summed E-state index contributed by atoms with van der Waals surface area (Å²) in [4.78, 5) is 39.1. The number of esters is 1. The van der Waals surface area contributed by atoms with Crippen LogP contribution in [0.1, 0.15) is 27.8 Å². The van der Waals surface area contributed by atoms with E-state index < -0.39 is 34.9 Å². The van der Waals surface area contributed by atoms with Crippen LogP contribution >= 0.6 is 0 Å². The fraction of sp³-hybridized carbons (Fsp3) is 0.182. The summed E-state index contributed by atoms with van der Waals surface area (Å²) < 4.78 is 20.7. The van der Waals surface area contributed by atoms with Crippen molar-refractivity contribution in [1.82, 2.24) is 14.7 Å². The number of hydrogen-bond donors (Lipinski definition) is 0. The highest BCUT2D eigenvalue weighted by Crippen LogP contribution is 2.21. The van der Waals surface area contributed by atoms with Gasteiger partial charge in [-0.3, -0.25) is 9.59 Å². The van der Waals surface area contributed by atoms with Crippen molar-refractivity contribution < 1.29 is 18.7 Å². The Kier molecular flexibility index (Phi) is 6.06. The minimum Gasteiger partial charge on any atom is -0.442 e. The molecule has 1 heterocycles. The Balaban J connectivity index is 2.01. The topological polar surface area (TPSA) is 81.5 Å². The van der Waals surface area contributed by atoms with Crippen LogP contribution in [-0.4, -0.2) is 40.7 Å². The highest BCUT2D eigenvalue weighted by Gasteiger charge is 2.29. The highest BCUT2D eigenvalue weighted by atomic mass is 19.1. The molecule has 0 saturated heterocycles. The molecule has 0 radical (unpaired) electrons. The second-order valence-electron chi connectivity index (χ2n) is 6.79. The van der Waals surface area contributed by atoms with Crippen LogP contribution in [0.25, 0.3) is 5.69 Å². The monoisotopic (exact) mass is 409 g/mol. The standard InChI is InChI=1S/C22H20FN3O4/c1-14-13-18(27)19(24-26(14)17-12-8-7-11-16(17)23)22(29)30-20(21(28)25(2)3)15-9-5-4-6-10-15/h4-13,20H,1-3H3/t20-/m0/s1. The van der Waals surface area contributed by atoms with Crippen LogP contribution < -0.4 is 5.43 Å². The summed E-state index contributed by atoms with van der Waals surface area (Å²) in [5.74, 6) is -2.12. The first-order chi connectivity index (χ1) is 14.3. The summed E-state index contributed by atoms with van der Waals surface area (Å²) in [5, 5.41) is 4.02. The van der Waals surface area contributed by atoms with Crippen molar-refractivity contribution in [3.05, 3.63) is 93.7 Å². The third-order valence-electron chi connectivity index (χ3n) is 4.37. The molecule has 2 aromatic carbocycles. The van der Waals surface area contributed by atoms with E-state index in [1.807, 2.05) is 0 Å². The van der Waals surface area contributed by atoms with Gasteiger partial charge in [-0.15, -0.1) is 0 Å². The van der Waals surface area contributed by atoms with Gasteiger partial charge >= 0.3 is 5.97 Å². The van der Waals surface area contributed by atoms with E-state index in [2.05, 4.69) is 5.10 Å². The lowest BCUT2D eigenvalue weighted by atomic mass is 10.1. The fourth-order valence-electron chi connectivity index (χ4n) is 2.84. The molecule has 0 aliphatic rings. The van der Waals surface area contributed by atoms with Gasteiger partial charge in [-0.2, -0.15) is 5.10 Å². The molecule has 0 N–H and O–H groups in total. The van der Waals surface area contributed by atoms with Crippen LogP contribution in [0.2, 0.25) is 0 Å². The first-order valence-corrected chi connectivity index (χ1v) is 9.12. The van der Waals surface area contributed by atoms with Crippen molar-refractivity contribution in [2.75, 3.05) is 14.1 Å². The normalized spacial score (nSPS) is 11.6. The Morgan fingerprint density at radius 3 is 2.33 bits per heavy atom. The van der Waals surface area contributed by atoms with Crippen LogP contribution in [0.4, 0.5) is 4.39 Å². The Morgan fingerprint density at radius 1 is 1.07 bits per heavy atom. The third kappa shape index (κ3) is 4.27. The van der Waals surface area contributed by atoms with Gasteiger partial charge in [0.2, 0.25) is 17.2 Å². The molecule has 3 aromatic rings. The lowest BCUT2D eigenvalue weighted by Gasteiger charge is -2.21. The molecule has 30 heavy (non-hydrogen) atoms. The van der Waals surface area contributed by atoms with Crippen LogP contribution in [0.15, 0.2) is 65.5 Å². The molecule has 7 nitrogen and oxygen atoms in total.